The van der Waals surface area contributed by atoms with E-state index in [1.54, 1.807) is 24.4 Å². The highest BCUT2D eigenvalue weighted by molar-refractivity contribution is 9.10. The molecular weight excluding hydrogens is 534 g/mol. The van der Waals surface area contributed by atoms with Gasteiger partial charge in [0.15, 0.2) is 0 Å². The number of nitrogens with one attached hydrogen (secondary N) is 2. The Hall–Kier alpha value is -4.17. The highest BCUT2D eigenvalue weighted by Crippen LogP contribution is 2.28. The lowest BCUT2D eigenvalue weighted by atomic mass is 10.0. The Bertz CT molecular complexity index is 1420. The molecule has 0 aliphatic heterocycles. The van der Waals surface area contributed by atoms with E-state index >= 15 is 0 Å². The molecule has 0 aliphatic rings. The fraction of sp³-hybridized carbons (Fsp3) is 0.138. The fourth-order valence-corrected chi connectivity index (χ4v) is 3.95. The molecule has 8 heteroatoms. The maximum Gasteiger partial charge on any atom is 0.240 e. The second kappa shape index (κ2) is 12.7. The number of hydrogen-bond donors (Lipinski definition) is 2. The van der Waals surface area contributed by atoms with Crippen molar-refractivity contribution in [2.24, 2.45) is 5.10 Å². The average molecular weight is 560 g/mol. The molecule has 2 N–H and O–H groups in total. The molecule has 0 heterocycles. The highest BCUT2D eigenvalue weighted by Gasteiger charge is 2.11. The van der Waals surface area contributed by atoms with Crippen LogP contribution in [0.2, 0.25) is 0 Å². The number of nitrogens with zero attached hydrogens (tertiary/aromatic N) is 1. The highest BCUT2D eigenvalue weighted by atomic mass is 79.9. The van der Waals surface area contributed by atoms with E-state index in [9.17, 15) is 9.59 Å². The van der Waals surface area contributed by atoms with Crippen LogP contribution in [0.4, 0.5) is 5.69 Å². The maximum absolute atomic E-state index is 12.3. The van der Waals surface area contributed by atoms with Crippen molar-refractivity contribution in [2.45, 2.75) is 19.4 Å². The molecule has 7 nitrogen and oxygen atoms in total. The minimum Gasteiger partial charge on any atom is -0.495 e. The molecule has 37 heavy (non-hydrogen) atoms. The number of methoxy groups -OCH3 is 1. The molecule has 0 aliphatic carbocycles. The predicted octanol–water partition coefficient (Wildman–Crippen LogP) is 6.06. The van der Waals surface area contributed by atoms with Gasteiger partial charge in [-0.3, -0.25) is 9.59 Å². The van der Waals surface area contributed by atoms with Crippen LogP contribution in [-0.4, -0.2) is 25.1 Å². The van der Waals surface area contributed by atoms with E-state index in [0.717, 1.165) is 26.4 Å². The van der Waals surface area contributed by atoms with Crippen molar-refractivity contribution >= 4 is 50.4 Å². The monoisotopic (exact) mass is 559 g/mol. The van der Waals surface area contributed by atoms with Gasteiger partial charge in [-0.15, -0.1) is 0 Å². The van der Waals surface area contributed by atoms with Gasteiger partial charge in [-0.25, -0.2) is 5.43 Å². The first-order valence-electron chi connectivity index (χ1n) is 11.7. The number of rotatable bonds is 10. The Morgan fingerprint density at radius 3 is 2.41 bits per heavy atom. The number of carbonyl (C=O) groups is 2. The lowest BCUT2D eigenvalue weighted by Crippen LogP contribution is -2.20. The summed E-state index contributed by atoms with van der Waals surface area (Å²) in [5.41, 5.74) is 4.85. The van der Waals surface area contributed by atoms with Gasteiger partial charge in [0.25, 0.3) is 0 Å². The second-order valence-corrected chi connectivity index (χ2v) is 9.07. The third-order valence-corrected chi connectivity index (χ3v) is 6.11. The number of para-hydroxylation sites is 2. The standard InChI is InChI=1S/C29H26BrN3O4/c1-36-27-9-5-4-8-25(27)32-28(34)16-17-29(35)33-31-18-24-23-7-3-2-6-21(23)12-15-26(24)37-19-20-10-13-22(30)14-11-20/h2-15,18H,16-17,19H2,1H3,(H,32,34)(H,33,35). The minimum atomic E-state index is -0.371. The van der Waals surface area contributed by atoms with Crippen molar-refractivity contribution in [3.63, 3.8) is 0 Å². The SMILES string of the molecule is COc1ccccc1NC(=O)CCC(=O)NN=Cc1c(OCc2ccc(Br)cc2)ccc2ccccc12. The van der Waals surface area contributed by atoms with Crippen LogP contribution < -0.4 is 20.2 Å². The fourth-order valence-electron chi connectivity index (χ4n) is 3.69. The topological polar surface area (TPSA) is 89.0 Å². The molecule has 4 aromatic rings. The molecule has 0 atom stereocenters. The van der Waals surface area contributed by atoms with E-state index in [1.165, 1.54) is 7.11 Å². The lowest BCUT2D eigenvalue weighted by molar-refractivity contribution is -0.124. The van der Waals surface area contributed by atoms with Crippen LogP contribution in [-0.2, 0) is 16.2 Å². The second-order valence-electron chi connectivity index (χ2n) is 8.16. The van der Waals surface area contributed by atoms with Crippen LogP contribution in [0.1, 0.15) is 24.0 Å². The zero-order valence-electron chi connectivity index (χ0n) is 20.2. The van der Waals surface area contributed by atoms with Gasteiger partial charge in [0.05, 0.1) is 19.0 Å². The number of fused-ring (bicyclic) bond motifs is 1. The molecule has 0 bridgehead atoms. The largest absolute Gasteiger partial charge is 0.495 e. The van der Waals surface area contributed by atoms with Gasteiger partial charge < -0.3 is 14.8 Å². The molecule has 0 unspecified atom stereocenters. The summed E-state index contributed by atoms with van der Waals surface area (Å²) in [7, 11) is 1.53. The van der Waals surface area contributed by atoms with Gasteiger partial charge >= 0.3 is 0 Å². The predicted molar refractivity (Wildman–Crippen MR) is 149 cm³/mol. The van der Waals surface area contributed by atoms with Gasteiger partial charge in [0, 0.05) is 22.9 Å². The Morgan fingerprint density at radius 2 is 1.59 bits per heavy atom. The molecule has 2 amide bonds. The zero-order chi connectivity index (χ0) is 26.0. The first kappa shape index (κ1) is 25.9. The van der Waals surface area contributed by atoms with E-state index in [-0.39, 0.29) is 24.7 Å². The molecule has 0 saturated heterocycles. The van der Waals surface area contributed by atoms with Crippen molar-refractivity contribution < 1.29 is 19.1 Å². The number of carbonyl (C=O) groups excluding carboxylic acids is 2. The molecule has 4 aromatic carbocycles. The summed E-state index contributed by atoms with van der Waals surface area (Å²) >= 11 is 3.44. The van der Waals surface area contributed by atoms with Crippen molar-refractivity contribution in [1.82, 2.24) is 5.43 Å². The van der Waals surface area contributed by atoms with Crippen molar-refractivity contribution in [3.05, 3.63) is 101 Å². The van der Waals surface area contributed by atoms with Gasteiger partial charge in [-0.1, -0.05) is 70.5 Å². The van der Waals surface area contributed by atoms with Gasteiger partial charge in [-0.2, -0.15) is 5.10 Å². The van der Waals surface area contributed by atoms with Crippen LogP contribution in [0.15, 0.2) is 94.5 Å². The number of benzene rings is 4. The van der Waals surface area contributed by atoms with Crippen LogP contribution in [0.5, 0.6) is 11.5 Å². The summed E-state index contributed by atoms with van der Waals surface area (Å²) in [6, 6.07) is 26.8. The third-order valence-electron chi connectivity index (χ3n) is 5.58. The molecule has 0 radical (unpaired) electrons. The van der Waals surface area contributed by atoms with E-state index in [0.29, 0.717) is 23.8 Å². The number of halogens is 1. The van der Waals surface area contributed by atoms with Gasteiger partial charge in [-0.05, 0) is 46.7 Å². The molecule has 0 fully saturated rings. The van der Waals surface area contributed by atoms with Gasteiger partial charge in [0.1, 0.15) is 18.1 Å². The molecule has 0 spiro atoms. The van der Waals surface area contributed by atoms with E-state index < -0.39 is 0 Å². The summed E-state index contributed by atoms with van der Waals surface area (Å²) in [5.74, 6) is 0.541. The van der Waals surface area contributed by atoms with Crippen LogP contribution in [0.3, 0.4) is 0 Å². The molecule has 0 saturated carbocycles. The van der Waals surface area contributed by atoms with Gasteiger partial charge in [0.2, 0.25) is 11.8 Å². The zero-order valence-corrected chi connectivity index (χ0v) is 21.8. The number of amides is 2. The normalized spacial score (nSPS) is 10.9. The summed E-state index contributed by atoms with van der Waals surface area (Å²) in [5, 5.41) is 8.88. The molecular formula is C29H26BrN3O4. The summed E-state index contributed by atoms with van der Waals surface area (Å²) < 4.78 is 12.3. The molecule has 188 valence electrons. The Balaban J connectivity index is 1.38. The average Bonchev–Trinajstić information content (AvgIpc) is 2.92. The first-order chi connectivity index (χ1) is 18.0. The molecule has 4 rings (SSSR count). The van der Waals surface area contributed by atoms with Crippen molar-refractivity contribution in [1.29, 1.82) is 0 Å². The Kier molecular flexibility index (Phi) is 8.89. The number of ether oxygens (including phenoxy) is 2. The lowest BCUT2D eigenvalue weighted by Gasteiger charge is -2.12. The number of hydrazone groups is 1. The first-order valence-corrected chi connectivity index (χ1v) is 12.5. The summed E-state index contributed by atoms with van der Waals surface area (Å²) in [4.78, 5) is 24.6. The summed E-state index contributed by atoms with van der Waals surface area (Å²) in [6.07, 6.45) is 1.57. The quantitative estimate of drug-likeness (QED) is 0.182. The third kappa shape index (κ3) is 7.17. The van der Waals surface area contributed by atoms with E-state index in [2.05, 4.69) is 31.8 Å². The van der Waals surface area contributed by atoms with Crippen LogP contribution in [0.25, 0.3) is 10.8 Å². The van der Waals surface area contributed by atoms with Crippen molar-refractivity contribution in [3.8, 4) is 11.5 Å². The Labute approximate surface area is 223 Å². The van der Waals surface area contributed by atoms with E-state index in [4.69, 9.17) is 9.47 Å². The smallest absolute Gasteiger partial charge is 0.240 e. The molecule has 0 aromatic heterocycles. The van der Waals surface area contributed by atoms with E-state index in [1.807, 2.05) is 66.7 Å². The van der Waals surface area contributed by atoms with Crippen LogP contribution in [0, 0.1) is 0 Å². The number of anilines is 1. The minimum absolute atomic E-state index is 0.00915. The van der Waals surface area contributed by atoms with Crippen LogP contribution >= 0.6 is 15.9 Å². The van der Waals surface area contributed by atoms with Crippen molar-refractivity contribution in [2.75, 3.05) is 12.4 Å². The summed E-state index contributed by atoms with van der Waals surface area (Å²) in [6.45, 7) is 0.389. The maximum atomic E-state index is 12.3. The number of hydrogen-bond acceptors (Lipinski definition) is 5. The Morgan fingerprint density at radius 1 is 0.865 bits per heavy atom.